The van der Waals surface area contributed by atoms with Crippen LogP contribution in [-0.4, -0.2) is 85.7 Å². The summed E-state index contributed by atoms with van der Waals surface area (Å²) in [6.45, 7) is 14.9. The number of allylic oxidation sites excluding steroid dienone is 1. The Labute approximate surface area is 265 Å². The standard InChI is InChI=1S/C33H57N5O6/c1-13-14-15-16-24(44-12)17-27(39)37(10)28(22(6)7)31(41)36-19-26(21(4)5)33(43)38(11)29(23(8)9)32(42)35-18-25(20(2)3)30(34)40/h1,17,20-23,25-26,28-29H,14-16,18-19H2,2-12H3,(H2,34,40)(H,35,42)(H,36,41)/b24-17+/t25-,26-,28+,29+/m1/s1. The molecule has 11 nitrogen and oxygen atoms in total. The Bertz CT molecular complexity index is 1050. The van der Waals surface area contributed by atoms with Gasteiger partial charge in [-0.3, -0.25) is 24.0 Å². The number of carbonyl (C=O) groups is 5. The smallest absolute Gasteiger partial charge is 0.250 e. The van der Waals surface area contributed by atoms with Gasteiger partial charge in [-0.25, -0.2) is 0 Å². The van der Waals surface area contributed by atoms with Crippen molar-refractivity contribution in [3.05, 3.63) is 11.8 Å². The van der Waals surface area contributed by atoms with Gasteiger partial charge in [0.05, 0.1) is 18.9 Å². The van der Waals surface area contributed by atoms with Crippen LogP contribution in [-0.2, 0) is 28.7 Å². The van der Waals surface area contributed by atoms with Gasteiger partial charge in [0.15, 0.2) is 0 Å². The lowest BCUT2D eigenvalue weighted by Gasteiger charge is -2.35. The van der Waals surface area contributed by atoms with Gasteiger partial charge in [0.1, 0.15) is 17.8 Å². The molecule has 0 radical (unpaired) electrons. The van der Waals surface area contributed by atoms with E-state index in [0.717, 1.165) is 0 Å². The van der Waals surface area contributed by atoms with E-state index in [9.17, 15) is 24.0 Å². The number of rotatable bonds is 19. The third-order valence-corrected chi connectivity index (χ3v) is 7.91. The fraction of sp³-hybridized carbons (Fsp3) is 0.727. The second kappa shape index (κ2) is 19.7. The van der Waals surface area contributed by atoms with Crippen molar-refractivity contribution in [3.8, 4) is 12.3 Å². The Morgan fingerprint density at radius 3 is 1.64 bits per heavy atom. The average molecular weight is 620 g/mol. The van der Waals surface area contributed by atoms with Crippen molar-refractivity contribution in [2.45, 2.75) is 86.7 Å². The van der Waals surface area contributed by atoms with Gasteiger partial charge in [-0.15, -0.1) is 12.3 Å². The van der Waals surface area contributed by atoms with Crippen LogP contribution in [0, 0.1) is 47.9 Å². The minimum absolute atomic E-state index is 0.0275. The highest BCUT2D eigenvalue weighted by atomic mass is 16.5. The van der Waals surface area contributed by atoms with Crippen LogP contribution < -0.4 is 16.4 Å². The SMILES string of the molecule is C#CCCC/C(=C\C(=O)N(C)[C@H](C(=O)NC[C@@H](C(=O)N(C)[C@H](C(=O)NC[C@@H](C(N)=O)C(C)C)C(C)C)C(C)C)C(C)C)OC. The molecule has 0 aromatic rings. The van der Waals surface area contributed by atoms with Gasteiger partial charge in [-0.2, -0.15) is 0 Å². The Balaban J connectivity index is 5.76. The Morgan fingerprint density at radius 2 is 1.25 bits per heavy atom. The number of hydrogen-bond acceptors (Lipinski definition) is 6. The number of primary amides is 1. The number of terminal acetylenes is 1. The number of nitrogens with zero attached hydrogens (tertiary/aromatic N) is 2. The fourth-order valence-corrected chi connectivity index (χ4v) is 5.13. The molecule has 0 bridgehead atoms. The van der Waals surface area contributed by atoms with Crippen molar-refractivity contribution in [2.75, 3.05) is 34.3 Å². The first-order chi connectivity index (χ1) is 20.4. The molecule has 0 aliphatic rings. The zero-order valence-electron chi connectivity index (χ0n) is 28.7. The highest BCUT2D eigenvalue weighted by Gasteiger charge is 2.36. The number of methoxy groups -OCH3 is 1. The summed E-state index contributed by atoms with van der Waals surface area (Å²) < 4.78 is 5.33. The number of likely N-dealkylation sites (N-methyl/N-ethyl adjacent to an activating group) is 2. The summed E-state index contributed by atoms with van der Waals surface area (Å²) in [5.41, 5.74) is 5.50. The summed E-state index contributed by atoms with van der Waals surface area (Å²) in [6.07, 6.45) is 8.42. The van der Waals surface area contributed by atoms with Gasteiger partial charge in [0, 0.05) is 46.1 Å². The predicted molar refractivity (Wildman–Crippen MR) is 172 cm³/mol. The van der Waals surface area contributed by atoms with Crippen LogP contribution in [0.4, 0.5) is 0 Å². The first-order valence-electron chi connectivity index (χ1n) is 15.5. The first-order valence-corrected chi connectivity index (χ1v) is 15.5. The lowest BCUT2D eigenvalue weighted by molar-refractivity contribution is -0.145. The number of nitrogens with two attached hydrogens (primary N) is 1. The summed E-state index contributed by atoms with van der Waals surface area (Å²) in [5, 5.41) is 5.68. The van der Waals surface area contributed by atoms with Crippen molar-refractivity contribution in [2.24, 2.45) is 41.2 Å². The van der Waals surface area contributed by atoms with Crippen molar-refractivity contribution < 1.29 is 28.7 Å². The minimum atomic E-state index is -0.797. The maximum atomic E-state index is 13.7. The van der Waals surface area contributed by atoms with E-state index in [0.29, 0.717) is 25.0 Å². The average Bonchev–Trinajstić information content (AvgIpc) is 2.91. The lowest BCUT2D eigenvalue weighted by Crippen LogP contribution is -2.56. The highest BCUT2D eigenvalue weighted by molar-refractivity contribution is 5.93. The third-order valence-electron chi connectivity index (χ3n) is 7.91. The number of ether oxygens (including phenoxy) is 1. The molecule has 0 aliphatic heterocycles. The Hall–Kier alpha value is -3.55. The molecule has 4 N–H and O–H groups in total. The zero-order chi connectivity index (χ0) is 34.3. The van der Waals surface area contributed by atoms with Gasteiger partial charge in [0.2, 0.25) is 29.5 Å². The van der Waals surface area contributed by atoms with E-state index in [-0.39, 0.29) is 60.4 Å². The van der Waals surface area contributed by atoms with Gasteiger partial charge in [-0.1, -0.05) is 55.4 Å². The van der Waals surface area contributed by atoms with E-state index in [1.807, 2.05) is 55.4 Å². The second-order valence-corrected chi connectivity index (χ2v) is 12.7. The van der Waals surface area contributed by atoms with Gasteiger partial charge in [-0.05, 0) is 30.1 Å². The number of amides is 5. The topological polar surface area (TPSA) is 151 Å². The molecule has 250 valence electrons. The van der Waals surface area contributed by atoms with Gasteiger partial charge in [0.25, 0.3) is 0 Å². The van der Waals surface area contributed by atoms with Gasteiger partial charge >= 0.3 is 0 Å². The van der Waals surface area contributed by atoms with E-state index in [1.54, 1.807) is 14.1 Å². The van der Waals surface area contributed by atoms with Crippen LogP contribution in [0.5, 0.6) is 0 Å². The molecular formula is C33H57N5O6. The number of carbonyl (C=O) groups excluding carboxylic acids is 5. The van der Waals surface area contributed by atoms with Crippen LogP contribution in [0.25, 0.3) is 0 Å². The third kappa shape index (κ3) is 12.6. The Morgan fingerprint density at radius 1 is 0.795 bits per heavy atom. The molecule has 11 heteroatoms. The summed E-state index contributed by atoms with van der Waals surface area (Å²) in [5.74, 6) is -0.719. The molecular weight excluding hydrogens is 562 g/mol. The summed E-state index contributed by atoms with van der Waals surface area (Å²) in [6, 6.07) is -1.59. The van der Waals surface area contributed by atoms with Crippen molar-refractivity contribution >= 4 is 29.5 Å². The molecule has 44 heavy (non-hydrogen) atoms. The van der Waals surface area contributed by atoms with Crippen molar-refractivity contribution in [3.63, 3.8) is 0 Å². The molecule has 0 heterocycles. The van der Waals surface area contributed by atoms with E-state index in [2.05, 4.69) is 16.6 Å². The van der Waals surface area contributed by atoms with Crippen LogP contribution in [0.15, 0.2) is 11.8 Å². The molecule has 0 aromatic heterocycles. The zero-order valence-corrected chi connectivity index (χ0v) is 28.7. The molecule has 0 rings (SSSR count). The van der Waals surface area contributed by atoms with Crippen molar-refractivity contribution in [1.29, 1.82) is 0 Å². The van der Waals surface area contributed by atoms with Crippen LogP contribution in [0.1, 0.15) is 74.7 Å². The predicted octanol–water partition coefficient (Wildman–Crippen LogP) is 2.55. The molecule has 0 saturated heterocycles. The molecule has 0 saturated carbocycles. The molecule has 0 fully saturated rings. The number of hydrogen-bond donors (Lipinski definition) is 3. The molecule has 0 spiro atoms. The molecule has 0 aromatic carbocycles. The van der Waals surface area contributed by atoms with Gasteiger partial charge < -0.3 is 30.9 Å². The maximum Gasteiger partial charge on any atom is 0.250 e. The molecule has 4 atom stereocenters. The summed E-state index contributed by atoms with van der Waals surface area (Å²) in [4.78, 5) is 68.0. The van der Waals surface area contributed by atoms with E-state index in [1.165, 1.54) is 23.0 Å². The summed E-state index contributed by atoms with van der Waals surface area (Å²) >= 11 is 0. The fourth-order valence-electron chi connectivity index (χ4n) is 5.13. The highest BCUT2D eigenvalue weighted by Crippen LogP contribution is 2.20. The second-order valence-electron chi connectivity index (χ2n) is 12.7. The minimum Gasteiger partial charge on any atom is -0.501 e. The number of nitrogens with one attached hydrogen (secondary N) is 2. The van der Waals surface area contributed by atoms with Crippen LogP contribution in [0.2, 0.25) is 0 Å². The van der Waals surface area contributed by atoms with Crippen LogP contribution >= 0.6 is 0 Å². The molecule has 0 unspecified atom stereocenters. The molecule has 0 aliphatic carbocycles. The monoisotopic (exact) mass is 619 g/mol. The van der Waals surface area contributed by atoms with Crippen molar-refractivity contribution in [1.82, 2.24) is 20.4 Å². The van der Waals surface area contributed by atoms with Crippen LogP contribution in [0.3, 0.4) is 0 Å². The van der Waals surface area contributed by atoms with E-state index in [4.69, 9.17) is 16.9 Å². The first kappa shape index (κ1) is 40.5. The normalized spacial score (nSPS) is 14.5. The maximum absolute atomic E-state index is 13.7. The quantitative estimate of drug-likeness (QED) is 0.0875. The largest absolute Gasteiger partial charge is 0.501 e. The van der Waals surface area contributed by atoms with E-state index < -0.39 is 29.8 Å². The summed E-state index contributed by atoms with van der Waals surface area (Å²) in [7, 11) is 4.62. The van der Waals surface area contributed by atoms with E-state index >= 15 is 0 Å². The number of unbranched alkanes of at least 4 members (excludes halogenated alkanes) is 1. The lowest BCUT2D eigenvalue weighted by atomic mass is 9.91. The molecule has 5 amide bonds. The Kier molecular flexibility index (Phi) is 18.1.